The van der Waals surface area contributed by atoms with Crippen molar-refractivity contribution < 1.29 is 8.81 Å². The Morgan fingerprint density at radius 1 is 1.33 bits per heavy atom. The van der Waals surface area contributed by atoms with E-state index in [1.165, 1.54) is 6.07 Å². The minimum atomic E-state index is -0.428. The van der Waals surface area contributed by atoms with Crippen molar-refractivity contribution in [3.8, 4) is 0 Å². The van der Waals surface area contributed by atoms with Gasteiger partial charge < -0.3 is 9.73 Å². The Kier molecular flexibility index (Phi) is 3.90. The van der Waals surface area contributed by atoms with Crippen LogP contribution in [0.4, 0.5) is 4.39 Å². The minimum Gasteiger partial charge on any atom is -0.459 e. The van der Waals surface area contributed by atoms with Gasteiger partial charge in [-0.1, -0.05) is 18.5 Å². The first-order chi connectivity index (χ1) is 10.2. The predicted molar refractivity (Wildman–Crippen MR) is 80.9 cm³/mol. The Labute approximate surface area is 126 Å². The third kappa shape index (κ3) is 2.77. The van der Waals surface area contributed by atoms with E-state index in [-0.39, 0.29) is 5.82 Å². The maximum absolute atomic E-state index is 14.0. The molecule has 0 aliphatic heterocycles. The van der Waals surface area contributed by atoms with Gasteiger partial charge in [0.05, 0.1) is 0 Å². The molecule has 0 fully saturated rings. The Balaban J connectivity index is 2.09. The van der Waals surface area contributed by atoms with E-state index in [1.54, 1.807) is 24.4 Å². The highest BCUT2D eigenvalue weighted by Crippen LogP contribution is 2.29. The summed E-state index contributed by atoms with van der Waals surface area (Å²) in [4.78, 5) is 4.14. The lowest BCUT2D eigenvalue weighted by Gasteiger charge is -2.15. The number of nitrogens with one attached hydrogen (secondary N) is 1. The summed E-state index contributed by atoms with van der Waals surface area (Å²) in [6, 6.07) is 9.79. The number of fused-ring (bicyclic) bond motifs is 1. The summed E-state index contributed by atoms with van der Waals surface area (Å²) in [5.74, 6) is 0.258. The van der Waals surface area contributed by atoms with Crippen molar-refractivity contribution in [3.05, 3.63) is 64.9 Å². The summed E-state index contributed by atoms with van der Waals surface area (Å²) in [7, 11) is 0. The Morgan fingerprint density at radius 2 is 2.19 bits per heavy atom. The van der Waals surface area contributed by atoms with Gasteiger partial charge in [0, 0.05) is 16.6 Å². The molecule has 0 aliphatic rings. The molecule has 1 aromatic carbocycles. The third-order valence-corrected chi connectivity index (χ3v) is 3.49. The zero-order valence-electron chi connectivity index (χ0n) is 11.4. The van der Waals surface area contributed by atoms with Gasteiger partial charge in [0.25, 0.3) is 0 Å². The molecular formula is C16H14ClFN2O. The lowest BCUT2D eigenvalue weighted by molar-refractivity contribution is 0.454. The standard InChI is InChI=1S/C16H14ClFN2O/c1-2-19-16(15-12(18)4-3-7-20-15)14-9-10-8-11(17)5-6-13(10)21-14/h3-9,16,19H,2H2,1H3. The first kappa shape index (κ1) is 14.0. The molecule has 21 heavy (non-hydrogen) atoms. The monoisotopic (exact) mass is 304 g/mol. The first-order valence-corrected chi connectivity index (χ1v) is 7.09. The summed E-state index contributed by atoms with van der Waals surface area (Å²) >= 11 is 5.98. The average molecular weight is 305 g/mol. The molecule has 2 heterocycles. The summed E-state index contributed by atoms with van der Waals surface area (Å²) < 4.78 is 19.8. The van der Waals surface area contributed by atoms with E-state index in [2.05, 4.69) is 10.3 Å². The number of rotatable bonds is 4. The zero-order valence-corrected chi connectivity index (χ0v) is 12.2. The number of nitrogens with zero attached hydrogens (tertiary/aromatic N) is 1. The molecule has 0 spiro atoms. The van der Waals surface area contributed by atoms with Crippen molar-refractivity contribution in [1.29, 1.82) is 0 Å². The number of halogens is 2. The average Bonchev–Trinajstić information content (AvgIpc) is 2.88. The fourth-order valence-electron chi connectivity index (χ4n) is 2.32. The van der Waals surface area contributed by atoms with Crippen LogP contribution in [0.25, 0.3) is 11.0 Å². The molecule has 3 rings (SSSR count). The number of aromatic nitrogens is 1. The zero-order chi connectivity index (χ0) is 14.8. The lowest BCUT2D eigenvalue weighted by atomic mass is 10.1. The highest BCUT2D eigenvalue weighted by molar-refractivity contribution is 6.31. The van der Waals surface area contributed by atoms with Gasteiger partial charge in [-0.2, -0.15) is 0 Å². The molecule has 2 aromatic heterocycles. The summed E-state index contributed by atoms with van der Waals surface area (Å²) in [5.41, 5.74) is 1.04. The van der Waals surface area contributed by atoms with Crippen molar-refractivity contribution in [3.63, 3.8) is 0 Å². The Hall–Kier alpha value is -1.91. The van der Waals surface area contributed by atoms with Crippen molar-refractivity contribution in [1.82, 2.24) is 10.3 Å². The maximum atomic E-state index is 14.0. The molecule has 0 bridgehead atoms. The first-order valence-electron chi connectivity index (χ1n) is 6.72. The second-order valence-corrected chi connectivity index (χ2v) is 5.13. The molecule has 0 radical (unpaired) electrons. The van der Waals surface area contributed by atoms with Crippen molar-refractivity contribution in [2.75, 3.05) is 6.54 Å². The summed E-state index contributed by atoms with van der Waals surface area (Å²) in [6.45, 7) is 2.62. The predicted octanol–water partition coefficient (Wildman–Crippen LogP) is 4.32. The van der Waals surface area contributed by atoms with E-state index in [0.717, 1.165) is 5.39 Å². The molecule has 1 atom stereocenters. The fraction of sp³-hybridized carbons (Fsp3) is 0.188. The molecule has 0 saturated heterocycles. The van der Waals surface area contributed by atoms with Crippen LogP contribution in [0.2, 0.25) is 5.02 Å². The van der Waals surface area contributed by atoms with E-state index in [4.69, 9.17) is 16.0 Å². The number of benzene rings is 1. The van der Waals surface area contributed by atoms with Crippen LogP contribution in [-0.4, -0.2) is 11.5 Å². The Morgan fingerprint density at radius 3 is 2.95 bits per heavy atom. The highest BCUT2D eigenvalue weighted by Gasteiger charge is 2.22. The van der Waals surface area contributed by atoms with Crippen molar-refractivity contribution in [2.24, 2.45) is 0 Å². The van der Waals surface area contributed by atoms with Crippen molar-refractivity contribution in [2.45, 2.75) is 13.0 Å². The second kappa shape index (κ2) is 5.84. The van der Waals surface area contributed by atoms with E-state index < -0.39 is 6.04 Å². The number of hydrogen-bond donors (Lipinski definition) is 1. The minimum absolute atomic E-state index is 0.324. The number of pyridine rings is 1. The van der Waals surface area contributed by atoms with Gasteiger partial charge in [-0.3, -0.25) is 4.98 Å². The lowest BCUT2D eigenvalue weighted by Crippen LogP contribution is -2.23. The van der Waals surface area contributed by atoms with Gasteiger partial charge in [0.1, 0.15) is 28.9 Å². The molecule has 3 aromatic rings. The number of furan rings is 1. The molecule has 1 unspecified atom stereocenters. The van der Waals surface area contributed by atoms with Gasteiger partial charge in [0.2, 0.25) is 0 Å². The van der Waals surface area contributed by atoms with Gasteiger partial charge in [0.15, 0.2) is 0 Å². The van der Waals surface area contributed by atoms with Crippen LogP contribution in [0.5, 0.6) is 0 Å². The topological polar surface area (TPSA) is 38.1 Å². The molecule has 3 nitrogen and oxygen atoms in total. The van der Waals surface area contributed by atoms with Gasteiger partial charge >= 0.3 is 0 Å². The normalized spacial score (nSPS) is 12.7. The second-order valence-electron chi connectivity index (χ2n) is 4.69. The third-order valence-electron chi connectivity index (χ3n) is 3.25. The van der Waals surface area contributed by atoms with E-state index in [1.807, 2.05) is 19.1 Å². The molecule has 108 valence electrons. The van der Waals surface area contributed by atoms with Crippen molar-refractivity contribution >= 4 is 22.6 Å². The van der Waals surface area contributed by atoms with Gasteiger partial charge in [-0.05, 0) is 42.9 Å². The molecular weight excluding hydrogens is 291 g/mol. The molecule has 0 saturated carbocycles. The van der Waals surface area contributed by atoms with Gasteiger partial charge in [-0.15, -0.1) is 0 Å². The molecule has 5 heteroatoms. The quantitative estimate of drug-likeness (QED) is 0.780. The van der Waals surface area contributed by atoms with Crippen LogP contribution in [0.1, 0.15) is 24.4 Å². The van der Waals surface area contributed by atoms with Gasteiger partial charge in [-0.25, -0.2) is 4.39 Å². The van der Waals surface area contributed by atoms with Crippen LogP contribution in [0.3, 0.4) is 0 Å². The summed E-state index contributed by atoms with van der Waals surface area (Å²) in [6.07, 6.45) is 1.57. The van der Waals surface area contributed by atoms with Crippen LogP contribution >= 0.6 is 11.6 Å². The van der Waals surface area contributed by atoms with Crippen LogP contribution in [-0.2, 0) is 0 Å². The molecule has 0 amide bonds. The smallest absolute Gasteiger partial charge is 0.146 e. The van der Waals surface area contributed by atoms with E-state index >= 15 is 0 Å². The van der Waals surface area contributed by atoms with Crippen LogP contribution in [0.15, 0.2) is 47.0 Å². The van der Waals surface area contributed by atoms with E-state index in [9.17, 15) is 4.39 Å². The summed E-state index contributed by atoms with van der Waals surface area (Å²) in [5, 5.41) is 4.73. The fourth-order valence-corrected chi connectivity index (χ4v) is 2.50. The molecule has 1 N–H and O–H groups in total. The SMILES string of the molecule is CCNC(c1cc2cc(Cl)ccc2o1)c1ncccc1F. The number of hydrogen-bond acceptors (Lipinski definition) is 3. The largest absolute Gasteiger partial charge is 0.459 e. The van der Waals surface area contributed by atoms with Crippen LogP contribution < -0.4 is 5.32 Å². The van der Waals surface area contributed by atoms with E-state index in [0.29, 0.717) is 28.6 Å². The highest BCUT2D eigenvalue weighted by atomic mass is 35.5. The maximum Gasteiger partial charge on any atom is 0.146 e. The Bertz CT molecular complexity index is 772. The molecule has 0 aliphatic carbocycles. The van der Waals surface area contributed by atoms with Crippen LogP contribution in [0, 0.1) is 5.82 Å².